The summed E-state index contributed by atoms with van der Waals surface area (Å²) in [4.78, 5) is 24.6. The lowest BCUT2D eigenvalue weighted by Gasteiger charge is -2.32. The van der Waals surface area contributed by atoms with Crippen molar-refractivity contribution in [3.8, 4) is 11.5 Å². The zero-order valence-corrected chi connectivity index (χ0v) is 18.2. The molecule has 2 heterocycles. The largest absolute Gasteiger partial charge is 0.486 e. The number of sulfonamides is 1. The molecule has 166 valence electrons. The molecule has 2 aliphatic heterocycles. The fraction of sp³-hybridized carbons (Fsp3) is 0.600. The van der Waals surface area contributed by atoms with Gasteiger partial charge < -0.3 is 19.5 Å². The van der Waals surface area contributed by atoms with Crippen molar-refractivity contribution in [2.24, 2.45) is 11.8 Å². The second kappa shape index (κ2) is 9.22. The number of hydrogen-bond donors (Lipinski definition) is 1. The molecule has 30 heavy (non-hydrogen) atoms. The monoisotopic (exact) mass is 440 g/mol. The minimum Gasteiger partial charge on any atom is -0.486 e. The van der Waals surface area contributed by atoms with Crippen molar-refractivity contribution in [2.45, 2.75) is 37.6 Å². The third kappa shape index (κ3) is 4.70. The number of nitrogens with one attached hydrogen (secondary N) is 1. The number of amides is 1. The highest BCUT2D eigenvalue weighted by atomic mass is 32.2. The number of benzene rings is 1. The molecule has 0 aliphatic carbocycles. The number of hydrogen-bond acceptors (Lipinski definition) is 7. The first-order valence-electron chi connectivity index (χ1n) is 10.0. The van der Waals surface area contributed by atoms with E-state index < -0.39 is 22.0 Å². The van der Waals surface area contributed by atoms with E-state index in [-0.39, 0.29) is 35.7 Å². The first kappa shape index (κ1) is 22.4. The number of rotatable bonds is 6. The lowest BCUT2D eigenvalue weighted by molar-refractivity contribution is -0.147. The van der Waals surface area contributed by atoms with Crippen LogP contribution in [0.25, 0.3) is 0 Å². The summed E-state index contributed by atoms with van der Waals surface area (Å²) in [5, 5.41) is 2.74. The van der Waals surface area contributed by atoms with Gasteiger partial charge in [0.25, 0.3) is 0 Å². The summed E-state index contributed by atoms with van der Waals surface area (Å²) in [5.41, 5.74) is 0. The minimum absolute atomic E-state index is 0.114. The maximum atomic E-state index is 13.0. The first-order valence-corrected chi connectivity index (χ1v) is 11.5. The molecule has 10 heteroatoms. The molecule has 0 radical (unpaired) electrons. The Kier molecular flexibility index (Phi) is 6.87. The SMILES string of the molecule is COC(=O)[C@H](NC(=O)C1CCN(S(=O)(=O)c2ccc3c(c2)OCCO3)CC1)C(C)C. The zero-order valence-electron chi connectivity index (χ0n) is 17.4. The maximum Gasteiger partial charge on any atom is 0.328 e. The van der Waals surface area contributed by atoms with Crippen molar-refractivity contribution >= 4 is 21.9 Å². The van der Waals surface area contributed by atoms with Crippen molar-refractivity contribution in [1.82, 2.24) is 9.62 Å². The van der Waals surface area contributed by atoms with Gasteiger partial charge in [-0.15, -0.1) is 0 Å². The molecule has 3 rings (SSSR count). The van der Waals surface area contributed by atoms with Gasteiger partial charge in [-0.25, -0.2) is 13.2 Å². The van der Waals surface area contributed by atoms with Gasteiger partial charge in [-0.05, 0) is 30.9 Å². The minimum atomic E-state index is -3.71. The third-order valence-electron chi connectivity index (χ3n) is 5.40. The van der Waals surface area contributed by atoms with Gasteiger partial charge in [0.05, 0.1) is 12.0 Å². The number of ether oxygens (including phenoxy) is 3. The van der Waals surface area contributed by atoms with E-state index in [4.69, 9.17) is 14.2 Å². The molecule has 2 aliphatic rings. The topological polar surface area (TPSA) is 111 Å². The predicted octanol–water partition coefficient (Wildman–Crippen LogP) is 1.17. The molecular weight excluding hydrogens is 412 g/mol. The van der Waals surface area contributed by atoms with Crippen LogP contribution in [-0.4, -0.2) is 64.1 Å². The normalized spacial score (nSPS) is 18.7. The lowest BCUT2D eigenvalue weighted by Crippen LogP contribution is -2.49. The van der Waals surface area contributed by atoms with Crippen molar-refractivity contribution in [3.63, 3.8) is 0 Å². The number of piperidine rings is 1. The molecule has 0 bridgehead atoms. The summed E-state index contributed by atoms with van der Waals surface area (Å²) < 4.78 is 43.1. The Morgan fingerprint density at radius 1 is 1.13 bits per heavy atom. The van der Waals surface area contributed by atoms with E-state index in [0.29, 0.717) is 37.6 Å². The van der Waals surface area contributed by atoms with E-state index >= 15 is 0 Å². The van der Waals surface area contributed by atoms with E-state index in [9.17, 15) is 18.0 Å². The Morgan fingerprint density at radius 2 is 1.77 bits per heavy atom. The van der Waals surface area contributed by atoms with Crippen LogP contribution in [0.1, 0.15) is 26.7 Å². The summed E-state index contributed by atoms with van der Waals surface area (Å²) in [6, 6.07) is 3.86. The van der Waals surface area contributed by atoms with Gasteiger partial charge in [-0.1, -0.05) is 13.8 Å². The molecule has 1 aromatic carbocycles. The number of esters is 1. The molecular formula is C20H28N2O7S. The summed E-state index contributed by atoms with van der Waals surface area (Å²) in [6.45, 7) is 4.90. The van der Waals surface area contributed by atoms with Crippen LogP contribution in [0.3, 0.4) is 0 Å². The van der Waals surface area contributed by atoms with Gasteiger partial charge in [0.15, 0.2) is 11.5 Å². The first-order chi connectivity index (χ1) is 14.2. The van der Waals surface area contributed by atoms with Gasteiger partial charge in [-0.2, -0.15) is 4.31 Å². The van der Waals surface area contributed by atoms with Crippen molar-refractivity contribution in [2.75, 3.05) is 33.4 Å². The second-order valence-electron chi connectivity index (χ2n) is 7.74. The van der Waals surface area contributed by atoms with Crippen molar-refractivity contribution in [1.29, 1.82) is 0 Å². The van der Waals surface area contributed by atoms with Crippen LogP contribution in [-0.2, 0) is 24.3 Å². The van der Waals surface area contributed by atoms with Crippen LogP contribution in [0, 0.1) is 11.8 Å². The Hall–Kier alpha value is -2.33. The van der Waals surface area contributed by atoms with Gasteiger partial charge in [0.1, 0.15) is 19.3 Å². The molecule has 9 nitrogen and oxygen atoms in total. The van der Waals surface area contributed by atoms with Gasteiger partial charge in [0, 0.05) is 25.1 Å². The molecule has 1 fully saturated rings. The Labute approximate surface area is 176 Å². The zero-order chi connectivity index (χ0) is 21.9. The maximum absolute atomic E-state index is 13.0. The molecule has 1 atom stereocenters. The predicted molar refractivity (Wildman–Crippen MR) is 108 cm³/mol. The van der Waals surface area contributed by atoms with E-state index in [1.165, 1.54) is 23.5 Å². The number of fused-ring (bicyclic) bond motifs is 1. The highest BCUT2D eigenvalue weighted by Crippen LogP contribution is 2.34. The third-order valence-corrected chi connectivity index (χ3v) is 7.29. The number of nitrogens with zero attached hydrogens (tertiary/aromatic N) is 1. The van der Waals surface area contributed by atoms with Crippen LogP contribution >= 0.6 is 0 Å². The number of methoxy groups -OCH3 is 1. The highest BCUT2D eigenvalue weighted by Gasteiger charge is 2.34. The van der Waals surface area contributed by atoms with Crippen LogP contribution < -0.4 is 14.8 Å². The van der Waals surface area contributed by atoms with Gasteiger partial charge >= 0.3 is 5.97 Å². The van der Waals surface area contributed by atoms with Crippen molar-refractivity contribution < 1.29 is 32.2 Å². The quantitative estimate of drug-likeness (QED) is 0.661. The summed E-state index contributed by atoms with van der Waals surface area (Å²) >= 11 is 0. The summed E-state index contributed by atoms with van der Waals surface area (Å²) in [5.74, 6) is -0.271. The Balaban J connectivity index is 1.63. The average molecular weight is 441 g/mol. The fourth-order valence-electron chi connectivity index (χ4n) is 3.59. The highest BCUT2D eigenvalue weighted by molar-refractivity contribution is 7.89. The molecule has 0 saturated carbocycles. The average Bonchev–Trinajstić information content (AvgIpc) is 2.76. The summed E-state index contributed by atoms with van der Waals surface area (Å²) in [6.07, 6.45) is 0.753. The molecule has 0 spiro atoms. The van der Waals surface area contributed by atoms with E-state index in [1.807, 2.05) is 13.8 Å². The Morgan fingerprint density at radius 3 is 2.37 bits per heavy atom. The van der Waals surface area contributed by atoms with Crippen LogP contribution in [0.4, 0.5) is 0 Å². The van der Waals surface area contributed by atoms with Gasteiger partial charge in [-0.3, -0.25) is 4.79 Å². The number of carbonyl (C=O) groups is 2. The molecule has 1 aromatic rings. The molecule has 1 saturated heterocycles. The second-order valence-corrected chi connectivity index (χ2v) is 9.68. The standard InChI is InChI=1S/C20H28N2O7S/c1-13(2)18(20(24)27-3)21-19(23)14-6-8-22(9-7-14)30(25,26)15-4-5-16-17(12-15)29-11-10-28-16/h4-5,12-14,18H,6-11H2,1-3H3,(H,21,23)/t18-/m1/s1. The molecule has 1 N–H and O–H groups in total. The summed E-state index contributed by atoms with van der Waals surface area (Å²) in [7, 11) is -2.42. The Bertz CT molecular complexity index is 892. The fourth-order valence-corrected chi connectivity index (χ4v) is 5.07. The van der Waals surface area contributed by atoms with Crippen LogP contribution in [0.15, 0.2) is 23.1 Å². The lowest BCUT2D eigenvalue weighted by atomic mass is 9.95. The molecule has 0 unspecified atom stereocenters. The van der Waals surface area contributed by atoms with E-state index in [0.717, 1.165) is 0 Å². The molecule has 0 aromatic heterocycles. The van der Waals surface area contributed by atoms with Crippen LogP contribution in [0.5, 0.6) is 11.5 Å². The van der Waals surface area contributed by atoms with Crippen molar-refractivity contribution in [3.05, 3.63) is 18.2 Å². The van der Waals surface area contributed by atoms with Gasteiger partial charge in [0.2, 0.25) is 15.9 Å². The van der Waals surface area contributed by atoms with Crippen LogP contribution in [0.2, 0.25) is 0 Å². The molecule has 1 amide bonds. The van der Waals surface area contributed by atoms with E-state index in [1.54, 1.807) is 6.07 Å². The van der Waals surface area contributed by atoms with E-state index in [2.05, 4.69) is 5.32 Å². The smallest absolute Gasteiger partial charge is 0.328 e. The number of carbonyl (C=O) groups excluding carboxylic acids is 2.